The van der Waals surface area contributed by atoms with E-state index >= 15 is 0 Å². The second-order valence-corrected chi connectivity index (χ2v) is 4.84. The lowest BCUT2D eigenvalue weighted by Crippen LogP contribution is -2.20. The summed E-state index contributed by atoms with van der Waals surface area (Å²) in [6.45, 7) is 4.11. The fourth-order valence-corrected chi connectivity index (χ4v) is 2.22. The van der Waals surface area contributed by atoms with Crippen molar-refractivity contribution >= 4 is 29.3 Å². The van der Waals surface area contributed by atoms with Crippen LogP contribution in [0.3, 0.4) is 0 Å². The summed E-state index contributed by atoms with van der Waals surface area (Å²) in [6.07, 6.45) is 0. The second kappa shape index (κ2) is 7.87. The third-order valence-electron chi connectivity index (χ3n) is 2.45. The molecule has 2 rings (SSSR count). The van der Waals surface area contributed by atoms with Gasteiger partial charge in [0, 0.05) is 13.2 Å². The molecular weight excluding hydrogens is 257 g/mol. The van der Waals surface area contributed by atoms with E-state index in [4.69, 9.17) is 9.39 Å². The molecule has 0 saturated heterocycles. The molecule has 99 valence electrons. The summed E-state index contributed by atoms with van der Waals surface area (Å²) >= 11 is 1.69. The number of thiophene rings is 1. The van der Waals surface area contributed by atoms with Gasteiger partial charge in [0.1, 0.15) is 5.75 Å². The molecular formula is C14H17BNO2S. The van der Waals surface area contributed by atoms with Gasteiger partial charge in [0.05, 0.1) is 11.6 Å². The molecule has 1 N–H and O–H groups in total. The fraction of sp³-hybridized carbons (Fsp3) is 0.286. The Kier molecular flexibility index (Phi) is 5.78. The quantitative estimate of drug-likeness (QED) is 0.592. The molecule has 0 aliphatic carbocycles. The first-order valence-electron chi connectivity index (χ1n) is 6.33. The van der Waals surface area contributed by atoms with Crippen molar-refractivity contribution in [2.24, 2.45) is 0 Å². The predicted molar refractivity (Wildman–Crippen MR) is 81.8 cm³/mol. The minimum absolute atomic E-state index is 0.644. The van der Waals surface area contributed by atoms with Crippen molar-refractivity contribution in [1.82, 2.24) is 0 Å². The summed E-state index contributed by atoms with van der Waals surface area (Å²) in [5.41, 5.74) is 1.04. The molecule has 19 heavy (non-hydrogen) atoms. The molecule has 0 unspecified atom stereocenters. The summed E-state index contributed by atoms with van der Waals surface area (Å²) in [6, 6.07) is 11.9. The highest BCUT2D eigenvalue weighted by Crippen LogP contribution is 2.13. The maximum absolute atomic E-state index is 5.49. The Hall–Kier alpha value is -1.46. The van der Waals surface area contributed by atoms with E-state index < -0.39 is 0 Å². The molecule has 0 fully saturated rings. The van der Waals surface area contributed by atoms with Gasteiger partial charge in [0.2, 0.25) is 0 Å². The van der Waals surface area contributed by atoms with Gasteiger partial charge >= 0.3 is 7.48 Å². The Labute approximate surface area is 118 Å². The smallest absolute Gasteiger partial charge is 0.330 e. The summed E-state index contributed by atoms with van der Waals surface area (Å²) < 4.78 is 10.9. The molecule has 0 saturated carbocycles. The van der Waals surface area contributed by atoms with Gasteiger partial charge in [-0.2, -0.15) is 0 Å². The zero-order valence-electron chi connectivity index (χ0n) is 11.0. The highest BCUT2D eigenvalue weighted by molar-refractivity contribution is 7.14. The van der Waals surface area contributed by atoms with Gasteiger partial charge in [-0.15, -0.1) is 11.3 Å². The van der Waals surface area contributed by atoms with E-state index in [1.807, 2.05) is 37.3 Å². The van der Waals surface area contributed by atoms with Crippen LogP contribution in [0.4, 0.5) is 5.00 Å². The molecule has 5 heteroatoms. The van der Waals surface area contributed by atoms with E-state index in [1.54, 1.807) is 18.8 Å². The maximum atomic E-state index is 5.49. The van der Waals surface area contributed by atoms with E-state index in [0.717, 1.165) is 17.8 Å². The highest BCUT2D eigenvalue weighted by atomic mass is 32.1. The molecule has 2 aromatic rings. The number of ether oxygens (including phenoxy) is 1. The van der Waals surface area contributed by atoms with Crippen molar-refractivity contribution < 1.29 is 9.39 Å². The second-order valence-electron chi connectivity index (χ2n) is 3.89. The number of rotatable bonds is 8. The third kappa shape index (κ3) is 4.97. The van der Waals surface area contributed by atoms with Crippen LogP contribution in [-0.4, -0.2) is 27.2 Å². The topological polar surface area (TPSA) is 30.5 Å². The van der Waals surface area contributed by atoms with Crippen LogP contribution in [0, 0.1) is 0 Å². The number of nitrogens with one attached hydrogen (secondary N) is 1. The molecule has 0 aliphatic heterocycles. The summed E-state index contributed by atoms with van der Waals surface area (Å²) in [7, 11) is 1.77. The first-order chi connectivity index (χ1) is 9.38. The monoisotopic (exact) mass is 274 g/mol. The number of anilines is 1. The maximum Gasteiger partial charge on any atom is 0.330 e. The van der Waals surface area contributed by atoms with Gasteiger partial charge in [0.25, 0.3) is 0 Å². The summed E-state index contributed by atoms with van der Waals surface area (Å²) in [5, 5.41) is 6.51. The number of hydrogen-bond donors (Lipinski definition) is 1. The van der Waals surface area contributed by atoms with Crippen molar-refractivity contribution in [2.75, 3.05) is 25.1 Å². The van der Waals surface area contributed by atoms with Crippen molar-refractivity contribution in [3.05, 3.63) is 41.8 Å². The fourth-order valence-electron chi connectivity index (χ4n) is 1.58. The molecule has 0 atom stereocenters. The zero-order valence-corrected chi connectivity index (χ0v) is 11.8. The van der Waals surface area contributed by atoms with E-state index in [0.29, 0.717) is 13.2 Å². The standard InChI is InChI=1S/C14H17BNO2S/c1-2-17-13-7-5-12(6-8-13)15-18-10-9-16-14-4-3-11-19-14/h3-8,11,16H,2,9-10H2,1H3. The molecule has 0 bridgehead atoms. The van der Waals surface area contributed by atoms with Gasteiger partial charge in [-0.3, -0.25) is 0 Å². The Balaban J connectivity index is 1.62. The van der Waals surface area contributed by atoms with Crippen molar-refractivity contribution in [3.8, 4) is 5.75 Å². The minimum atomic E-state index is 0.644. The van der Waals surface area contributed by atoms with Gasteiger partial charge in [-0.1, -0.05) is 17.6 Å². The SMILES string of the molecule is CCOc1ccc([B]OCCNc2cccs2)cc1. The van der Waals surface area contributed by atoms with Crippen LogP contribution in [0.2, 0.25) is 0 Å². The molecule has 1 heterocycles. The Morgan fingerprint density at radius 2 is 2.05 bits per heavy atom. The van der Waals surface area contributed by atoms with Crippen LogP contribution < -0.4 is 15.5 Å². The average molecular weight is 274 g/mol. The van der Waals surface area contributed by atoms with Crippen molar-refractivity contribution in [2.45, 2.75) is 6.92 Å². The van der Waals surface area contributed by atoms with E-state index in [2.05, 4.69) is 16.8 Å². The average Bonchev–Trinajstić information content (AvgIpc) is 2.94. The van der Waals surface area contributed by atoms with E-state index in [-0.39, 0.29) is 0 Å². The molecule has 1 radical (unpaired) electrons. The first kappa shape index (κ1) is 14.0. The van der Waals surface area contributed by atoms with E-state index in [1.165, 1.54) is 5.00 Å². The van der Waals surface area contributed by atoms with Gasteiger partial charge in [-0.25, -0.2) is 0 Å². The van der Waals surface area contributed by atoms with Crippen LogP contribution in [-0.2, 0) is 4.65 Å². The minimum Gasteiger partial charge on any atom is -0.494 e. The lowest BCUT2D eigenvalue weighted by atomic mass is 9.88. The largest absolute Gasteiger partial charge is 0.494 e. The lowest BCUT2D eigenvalue weighted by Gasteiger charge is -2.06. The molecule has 0 amide bonds. The predicted octanol–water partition coefficient (Wildman–Crippen LogP) is 2.52. The highest BCUT2D eigenvalue weighted by Gasteiger charge is 1.99. The van der Waals surface area contributed by atoms with Gasteiger partial charge in [0.15, 0.2) is 0 Å². The number of hydrogen-bond acceptors (Lipinski definition) is 4. The number of benzene rings is 1. The zero-order chi connectivity index (χ0) is 13.3. The van der Waals surface area contributed by atoms with Crippen molar-refractivity contribution in [1.29, 1.82) is 0 Å². The Bertz CT molecular complexity index is 459. The normalized spacial score (nSPS) is 10.2. The molecule has 1 aromatic carbocycles. The molecule has 3 nitrogen and oxygen atoms in total. The van der Waals surface area contributed by atoms with Crippen LogP contribution in [0.1, 0.15) is 6.92 Å². The third-order valence-corrected chi connectivity index (χ3v) is 3.28. The Morgan fingerprint density at radius 1 is 1.21 bits per heavy atom. The van der Waals surface area contributed by atoms with E-state index in [9.17, 15) is 0 Å². The summed E-state index contributed by atoms with van der Waals surface area (Å²) in [5.74, 6) is 0.888. The van der Waals surface area contributed by atoms with Crippen LogP contribution in [0.5, 0.6) is 5.75 Å². The van der Waals surface area contributed by atoms with Crippen molar-refractivity contribution in [3.63, 3.8) is 0 Å². The van der Waals surface area contributed by atoms with Gasteiger partial charge < -0.3 is 14.7 Å². The summed E-state index contributed by atoms with van der Waals surface area (Å²) in [4.78, 5) is 0. The molecule has 0 spiro atoms. The van der Waals surface area contributed by atoms with Crippen LogP contribution in [0.15, 0.2) is 41.8 Å². The van der Waals surface area contributed by atoms with Crippen LogP contribution in [0.25, 0.3) is 0 Å². The first-order valence-corrected chi connectivity index (χ1v) is 7.21. The van der Waals surface area contributed by atoms with Crippen LogP contribution >= 0.6 is 11.3 Å². The molecule has 1 aromatic heterocycles. The Morgan fingerprint density at radius 3 is 2.74 bits per heavy atom. The molecule has 0 aliphatic rings. The van der Waals surface area contributed by atoms with Gasteiger partial charge in [-0.05, 0) is 36.6 Å². The lowest BCUT2D eigenvalue weighted by molar-refractivity contribution is 0.340.